The van der Waals surface area contributed by atoms with Crippen LogP contribution in [0, 0.1) is 17.5 Å². The summed E-state index contributed by atoms with van der Waals surface area (Å²) in [6.07, 6.45) is -0.534. The van der Waals surface area contributed by atoms with E-state index < -0.39 is 6.17 Å². The van der Waals surface area contributed by atoms with Gasteiger partial charge in [-0.25, -0.2) is 4.39 Å². The van der Waals surface area contributed by atoms with Crippen molar-refractivity contribution < 1.29 is 4.39 Å². The van der Waals surface area contributed by atoms with E-state index in [4.69, 9.17) is 5.26 Å². The van der Waals surface area contributed by atoms with Crippen LogP contribution >= 0.6 is 0 Å². The second-order valence-electron chi connectivity index (χ2n) is 2.18. The lowest BCUT2D eigenvalue weighted by Crippen LogP contribution is -1.90. The third-order valence-electron chi connectivity index (χ3n) is 1.32. The van der Waals surface area contributed by atoms with Gasteiger partial charge in [-0.2, -0.15) is 5.26 Å². The number of hydrogen-bond donors (Lipinski definition) is 0. The maximum atomic E-state index is 12.4. The first-order valence-corrected chi connectivity index (χ1v) is 3.28. The van der Waals surface area contributed by atoms with Gasteiger partial charge in [0.05, 0.1) is 0 Å². The van der Waals surface area contributed by atoms with Gasteiger partial charge in [-0.05, 0) is 5.56 Å². The molecule has 1 rings (SSSR count). The zero-order valence-electron chi connectivity index (χ0n) is 5.92. The fourth-order valence-corrected chi connectivity index (χ4v) is 0.815. The van der Waals surface area contributed by atoms with Crippen molar-refractivity contribution in [3.63, 3.8) is 0 Å². The van der Waals surface area contributed by atoms with Gasteiger partial charge in [0.2, 0.25) is 6.17 Å². The quantitative estimate of drug-likeness (QED) is 0.631. The summed E-state index contributed by atoms with van der Waals surface area (Å²) < 4.78 is 12.4. The molecule has 0 saturated heterocycles. The SMILES string of the molecule is N#C[C](F)Cc1ccccc1. The number of rotatable bonds is 2. The molecule has 1 aromatic rings. The Kier molecular flexibility index (Phi) is 2.62. The smallest absolute Gasteiger partial charge is 0.222 e. The molecular formula is C9H7FN. The third kappa shape index (κ3) is 2.38. The molecule has 0 aliphatic heterocycles. The van der Waals surface area contributed by atoms with Crippen LogP contribution in [0.2, 0.25) is 0 Å². The number of nitrogens with zero attached hydrogens (tertiary/aromatic N) is 1. The van der Waals surface area contributed by atoms with Crippen LogP contribution in [-0.2, 0) is 6.42 Å². The minimum Gasteiger partial charge on any atom is -0.222 e. The van der Waals surface area contributed by atoms with Crippen LogP contribution in [0.1, 0.15) is 5.56 Å². The van der Waals surface area contributed by atoms with Crippen LogP contribution < -0.4 is 0 Å². The molecule has 0 saturated carbocycles. The van der Waals surface area contributed by atoms with E-state index in [0.717, 1.165) is 5.56 Å². The van der Waals surface area contributed by atoms with Gasteiger partial charge in [0.25, 0.3) is 0 Å². The molecule has 0 aliphatic rings. The van der Waals surface area contributed by atoms with Crippen molar-refractivity contribution in [3.05, 3.63) is 42.1 Å². The van der Waals surface area contributed by atoms with E-state index >= 15 is 0 Å². The molecule has 1 radical (unpaired) electrons. The molecule has 11 heavy (non-hydrogen) atoms. The Morgan fingerprint density at radius 3 is 2.55 bits per heavy atom. The first-order chi connectivity index (χ1) is 5.33. The van der Waals surface area contributed by atoms with Crippen molar-refractivity contribution >= 4 is 0 Å². The Hall–Kier alpha value is -1.36. The summed E-state index contributed by atoms with van der Waals surface area (Å²) in [7, 11) is 0. The van der Waals surface area contributed by atoms with E-state index in [1.807, 2.05) is 18.2 Å². The second-order valence-corrected chi connectivity index (χ2v) is 2.18. The van der Waals surface area contributed by atoms with Crippen molar-refractivity contribution in [2.75, 3.05) is 0 Å². The Labute approximate surface area is 65.1 Å². The van der Waals surface area contributed by atoms with Crippen LogP contribution in [-0.4, -0.2) is 0 Å². The molecule has 0 aromatic heterocycles. The predicted octanol–water partition coefficient (Wildman–Crippen LogP) is 2.25. The van der Waals surface area contributed by atoms with Crippen molar-refractivity contribution in [2.24, 2.45) is 0 Å². The molecule has 0 atom stereocenters. The molecular weight excluding hydrogens is 141 g/mol. The summed E-state index contributed by atoms with van der Waals surface area (Å²) in [6.45, 7) is 0. The molecule has 2 heteroatoms. The van der Waals surface area contributed by atoms with Gasteiger partial charge >= 0.3 is 0 Å². The highest BCUT2D eigenvalue weighted by atomic mass is 19.1. The number of hydrogen-bond acceptors (Lipinski definition) is 1. The summed E-state index contributed by atoms with van der Waals surface area (Å²) >= 11 is 0. The van der Waals surface area contributed by atoms with E-state index in [-0.39, 0.29) is 6.42 Å². The summed E-state index contributed by atoms with van der Waals surface area (Å²) in [6, 6.07) is 10.5. The highest BCUT2D eigenvalue weighted by Gasteiger charge is 2.05. The maximum absolute atomic E-state index is 12.4. The average Bonchev–Trinajstić information content (AvgIpc) is 2.06. The molecule has 0 heterocycles. The maximum Gasteiger partial charge on any atom is 0.247 e. The lowest BCUT2D eigenvalue weighted by atomic mass is 10.1. The first kappa shape index (κ1) is 7.74. The van der Waals surface area contributed by atoms with Crippen molar-refractivity contribution in [1.82, 2.24) is 0 Å². The standard InChI is InChI=1S/C9H7FN/c10-9(7-11)6-8-4-2-1-3-5-8/h1-5H,6H2. The molecule has 0 unspecified atom stereocenters. The van der Waals surface area contributed by atoms with E-state index in [0.29, 0.717) is 0 Å². The van der Waals surface area contributed by atoms with Crippen molar-refractivity contribution in [3.8, 4) is 6.07 Å². The van der Waals surface area contributed by atoms with Crippen LogP contribution in [0.4, 0.5) is 4.39 Å². The van der Waals surface area contributed by atoms with Gasteiger partial charge in [0.1, 0.15) is 6.07 Å². The van der Waals surface area contributed by atoms with E-state index in [9.17, 15) is 4.39 Å². The average molecular weight is 148 g/mol. The molecule has 0 bridgehead atoms. The Bertz CT molecular complexity index is 250. The van der Waals surface area contributed by atoms with E-state index in [1.165, 1.54) is 6.07 Å². The van der Waals surface area contributed by atoms with Gasteiger partial charge in [-0.3, -0.25) is 0 Å². The third-order valence-corrected chi connectivity index (χ3v) is 1.32. The lowest BCUT2D eigenvalue weighted by Gasteiger charge is -1.96. The Morgan fingerprint density at radius 1 is 1.36 bits per heavy atom. The fourth-order valence-electron chi connectivity index (χ4n) is 0.815. The Balaban J connectivity index is 2.60. The zero-order chi connectivity index (χ0) is 8.10. The highest BCUT2D eigenvalue weighted by molar-refractivity contribution is 5.21. The van der Waals surface area contributed by atoms with Crippen LogP contribution in [0.5, 0.6) is 0 Å². The highest BCUT2D eigenvalue weighted by Crippen LogP contribution is 2.09. The molecule has 0 spiro atoms. The molecule has 0 fully saturated rings. The van der Waals surface area contributed by atoms with Crippen LogP contribution in [0.25, 0.3) is 0 Å². The summed E-state index contributed by atoms with van der Waals surface area (Å²) in [5.74, 6) is 0. The van der Waals surface area contributed by atoms with E-state index in [2.05, 4.69) is 0 Å². The summed E-state index contributed by atoms with van der Waals surface area (Å²) in [4.78, 5) is 0. The monoisotopic (exact) mass is 148 g/mol. The molecule has 0 N–H and O–H groups in total. The minimum absolute atomic E-state index is 0.108. The normalized spacial score (nSPS) is 9.55. The van der Waals surface area contributed by atoms with Gasteiger partial charge < -0.3 is 0 Å². The van der Waals surface area contributed by atoms with Gasteiger partial charge in [-0.1, -0.05) is 30.3 Å². The lowest BCUT2D eigenvalue weighted by molar-refractivity contribution is 0.534. The summed E-state index contributed by atoms with van der Waals surface area (Å²) in [5.41, 5.74) is 0.826. The van der Waals surface area contributed by atoms with Crippen molar-refractivity contribution in [2.45, 2.75) is 6.42 Å². The number of benzene rings is 1. The number of nitriles is 1. The summed E-state index contributed by atoms with van der Waals surface area (Å²) in [5, 5.41) is 8.13. The molecule has 55 valence electrons. The van der Waals surface area contributed by atoms with Gasteiger partial charge in [0, 0.05) is 6.42 Å². The van der Waals surface area contributed by atoms with Gasteiger partial charge in [0.15, 0.2) is 0 Å². The van der Waals surface area contributed by atoms with Crippen molar-refractivity contribution in [1.29, 1.82) is 5.26 Å². The van der Waals surface area contributed by atoms with Gasteiger partial charge in [-0.15, -0.1) is 0 Å². The fraction of sp³-hybridized carbons (Fsp3) is 0.111. The van der Waals surface area contributed by atoms with Crippen LogP contribution in [0.15, 0.2) is 30.3 Å². The zero-order valence-corrected chi connectivity index (χ0v) is 5.92. The first-order valence-electron chi connectivity index (χ1n) is 3.28. The second kappa shape index (κ2) is 3.72. The molecule has 0 amide bonds. The largest absolute Gasteiger partial charge is 0.247 e. The molecule has 1 nitrogen and oxygen atoms in total. The van der Waals surface area contributed by atoms with Crippen LogP contribution in [0.3, 0.4) is 0 Å². The topological polar surface area (TPSA) is 23.8 Å². The number of halogens is 1. The molecule has 0 aliphatic carbocycles. The molecule has 1 aromatic carbocycles. The predicted molar refractivity (Wildman–Crippen MR) is 40.1 cm³/mol. The Morgan fingerprint density at radius 2 is 2.00 bits per heavy atom. The minimum atomic E-state index is -0.642. The van der Waals surface area contributed by atoms with E-state index in [1.54, 1.807) is 12.1 Å².